The van der Waals surface area contributed by atoms with Gasteiger partial charge in [-0.2, -0.15) is 4.31 Å². The van der Waals surface area contributed by atoms with Crippen LogP contribution in [0.1, 0.15) is 26.5 Å². The Bertz CT molecular complexity index is 686. The van der Waals surface area contributed by atoms with Gasteiger partial charge in [0.05, 0.1) is 30.7 Å². The molecule has 1 aromatic rings. The summed E-state index contributed by atoms with van der Waals surface area (Å²) in [6, 6.07) is 5.76. The van der Waals surface area contributed by atoms with E-state index in [2.05, 4.69) is 20.2 Å². The second-order valence-electron chi connectivity index (χ2n) is 6.61. The number of rotatable bonds is 8. The van der Waals surface area contributed by atoms with Crippen molar-refractivity contribution in [1.29, 1.82) is 0 Å². The van der Waals surface area contributed by atoms with Gasteiger partial charge in [0.25, 0.3) is 0 Å². The molecule has 27 heavy (non-hydrogen) atoms. The molecule has 1 N–H and O–H groups in total. The molecule has 1 saturated heterocycles. The van der Waals surface area contributed by atoms with Gasteiger partial charge in [0, 0.05) is 38.9 Å². The van der Waals surface area contributed by atoms with Gasteiger partial charge in [-0.15, -0.1) is 0 Å². The van der Waals surface area contributed by atoms with E-state index < -0.39 is 10.0 Å². The normalized spacial score (nSPS) is 16.7. The largest absolute Gasteiger partial charge is 0.378 e. The van der Waals surface area contributed by atoms with E-state index in [1.165, 1.54) is 0 Å². The molecule has 152 valence electrons. The molecule has 0 bridgehead atoms. The maximum absolute atomic E-state index is 12.5. The highest BCUT2D eigenvalue weighted by Gasteiger charge is 2.28. The summed E-state index contributed by atoms with van der Waals surface area (Å²) in [6.07, 6.45) is 1.79. The minimum Gasteiger partial charge on any atom is -0.378 e. The van der Waals surface area contributed by atoms with Crippen molar-refractivity contribution in [3.05, 3.63) is 30.1 Å². The van der Waals surface area contributed by atoms with Crippen molar-refractivity contribution in [1.82, 2.24) is 19.5 Å². The van der Waals surface area contributed by atoms with Crippen molar-refractivity contribution in [2.75, 3.05) is 45.1 Å². The summed E-state index contributed by atoms with van der Waals surface area (Å²) in [6.45, 7) is 9.43. The van der Waals surface area contributed by atoms with Crippen LogP contribution in [-0.2, 0) is 21.3 Å². The first-order chi connectivity index (χ1) is 12.9. The third-order valence-corrected chi connectivity index (χ3v) is 6.01. The maximum atomic E-state index is 12.5. The highest BCUT2D eigenvalue weighted by Crippen LogP contribution is 2.09. The Hall–Kier alpha value is -1.71. The highest BCUT2D eigenvalue weighted by atomic mass is 32.2. The number of hydrogen-bond donors (Lipinski definition) is 1. The van der Waals surface area contributed by atoms with E-state index in [1.807, 2.05) is 39.0 Å². The van der Waals surface area contributed by atoms with Crippen LogP contribution in [0.25, 0.3) is 0 Å². The number of aliphatic imine (C=N–C) groups is 1. The van der Waals surface area contributed by atoms with Crippen molar-refractivity contribution >= 4 is 16.0 Å². The molecule has 0 spiro atoms. The summed E-state index contributed by atoms with van der Waals surface area (Å²) in [7, 11) is -3.28. The fraction of sp³-hybridized carbons (Fsp3) is 0.667. The number of guanidine groups is 1. The lowest BCUT2D eigenvalue weighted by Gasteiger charge is -2.35. The molecule has 1 fully saturated rings. The van der Waals surface area contributed by atoms with E-state index >= 15 is 0 Å². The summed E-state index contributed by atoms with van der Waals surface area (Å²) >= 11 is 0. The molecule has 0 atom stereocenters. The van der Waals surface area contributed by atoms with Crippen LogP contribution in [0, 0.1) is 0 Å². The first-order valence-corrected chi connectivity index (χ1v) is 11.1. The molecule has 0 saturated carbocycles. The first kappa shape index (κ1) is 21.6. The van der Waals surface area contributed by atoms with E-state index in [0.717, 1.165) is 18.2 Å². The van der Waals surface area contributed by atoms with Gasteiger partial charge in [0.15, 0.2) is 5.96 Å². The maximum Gasteiger partial charge on any atom is 0.216 e. The standard InChI is InChI=1S/C18H31N5O3S/c1-4-19-18(21-15-17-7-5-6-8-20-17)22-9-11-23(12-10-22)27(24,25)14-13-26-16(2)3/h5-8,16H,4,9-15H2,1-3H3,(H,19,21). The Balaban J connectivity index is 1.91. The molecule has 0 amide bonds. The lowest BCUT2D eigenvalue weighted by atomic mass is 10.3. The van der Waals surface area contributed by atoms with E-state index in [9.17, 15) is 8.42 Å². The molecule has 2 rings (SSSR count). The summed E-state index contributed by atoms with van der Waals surface area (Å²) in [5, 5.41) is 3.28. The molecule has 1 aromatic heterocycles. The minimum atomic E-state index is -3.28. The molecule has 9 heteroatoms. The monoisotopic (exact) mass is 397 g/mol. The summed E-state index contributed by atoms with van der Waals surface area (Å²) in [5.41, 5.74) is 0.902. The van der Waals surface area contributed by atoms with E-state index in [4.69, 9.17) is 4.74 Å². The lowest BCUT2D eigenvalue weighted by Crippen LogP contribution is -2.54. The SMILES string of the molecule is CCNC(=NCc1ccccn1)N1CCN(S(=O)(=O)CCOC(C)C)CC1. The van der Waals surface area contributed by atoms with E-state index in [-0.39, 0.29) is 18.5 Å². The van der Waals surface area contributed by atoms with Gasteiger partial charge in [-0.05, 0) is 32.9 Å². The van der Waals surface area contributed by atoms with E-state index in [1.54, 1.807) is 10.5 Å². The van der Waals surface area contributed by atoms with Crippen LogP contribution in [0.15, 0.2) is 29.4 Å². The molecule has 0 aliphatic carbocycles. The summed E-state index contributed by atoms with van der Waals surface area (Å²) in [5.74, 6) is 0.822. The molecular formula is C18H31N5O3S. The first-order valence-electron chi connectivity index (χ1n) is 9.45. The molecule has 8 nitrogen and oxygen atoms in total. The van der Waals surface area contributed by atoms with Gasteiger partial charge >= 0.3 is 0 Å². The summed E-state index contributed by atoms with van der Waals surface area (Å²) < 4.78 is 31.8. The van der Waals surface area contributed by atoms with Crippen LogP contribution in [0.2, 0.25) is 0 Å². The number of sulfonamides is 1. The third kappa shape index (κ3) is 7.08. The second kappa shape index (κ2) is 10.6. The number of aromatic nitrogens is 1. The zero-order valence-electron chi connectivity index (χ0n) is 16.5. The molecule has 1 aliphatic rings. The van der Waals surface area contributed by atoms with Gasteiger partial charge in [-0.3, -0.25) is 4.98 Å². The minimum absolute atomic E-state index is 0.0268. The number of pyridine rings is 1. The number of hydrogen-bond acceptors (Lipinski definition) is 5. The van der Waals surface area contributed by atoms with Gasteiger partial charge < -0.3 is 15.0 Å². The highest BCUT2D eigenvalue weighted by molar-refractivity contribution is 7.89. The Kier molecular flexibility index (Phi) is 8.46. The Labute approximate surface area is 162 Å². The van der Waals surface area contributed by atoms with Crippen molar-refractivity contribution in [2.45, 2.75) is 33.4 Å². The molecule has 0 aromatic carbocycles. The van der Waals surface area contributed by atoms with Crippen LogP contribution in [0.4, 0.5) is 0 Å². The number of nitrogens with one attached hydrogen (secondary N) is 1. The van der Waals surface area contributed by atoms with Gasteiger partial charge in [-0.25, -0.2) is 13.4 Å². The smallest absolute Gasteiger partial charge is 0.216 e. The Morgan fingerprint density at radius 3 is 2.63 bits per heavy atom. The Morgan fingerprint density at radius 2 is 2.04 bits per heavy atom. The predicted octanol–water partition coefficient (Wildman–Crippen LogP) is 0.920. The van der Waals surface area contributed by atoms with Crippen LogP contribution in [0.5, 0.6) is 0 Å². The third-order valence-electron chi connectivity index (χ3n) is 4.18. The van der Waals surface area contributed by atoms with Crippen LogP contribution in [-0.4, -0.2) is 79.8 Å². The average molecular weight is 398 g/mol. The molecular weight excluding hydrogens is 366 g/mol. The van der Waals surface area contributed by atoms with Crippen molar-refractivity contribution < 1.29 is 13.2 Å². The quantitative estimate of drug-likeness (QED) is 0.518. The fourth-order valence-corrected chi connectivity index (χ4v) is 4.05. The van der Waals surface area contributed by atoms with Gasteiger partial charge in [0.1, 0.15) is 0 Å². The number of nitrogens with zero attached hydrogens (tertiary/aromatic N) is 4. The molecule has 2 heterocycles. The number of piperazine rings is 1. The number of ether oxygens (including phenoxy) is 1. The molecule has 1 aliphatic heterocycles. The average Bonchev–Trinajstić information content (AvgIpc) is 2.65. The van der Waals surface area contributed by atoms with Crippen molar-refractivity contribution in [3.8, 4) is 0 Å². The predicted molar refractivity (Wildman–Crippen MR) is 107 cm³/mol. The molecule has 0 radical (unpaired) electrons. The zero-order valence-corrected chi connectivity index (χ0v) is 17.3. The van der Waals surface area contributed by atoms with Crippen molar-refractivity contribution in [2.24, 2.45) is 4.99 Å². The van der Waals surface area contributed by atoms with Gasteiger partial charge in [0.2, 0.25) is 10.0 Å². The summed E-state index contributed by atoms with van der Waals surface area (Å²) in [4.78, 5) is 11.0. The van der Waals surface area contributed by atoms with E-state index in [0.29, 0.717) is 32.7 Å². The zero-order chi connectivity index (χ0) is 19.7. The van der Waals surface area contributed by atoms with Crippen LogP contribution in [0.3, 0.4) is 0 Å². The lowest BCUT2D eigenvalue weighted by molar-refractivity contribution is 0.0904. The Morgan fingerprint density at radius 1 is 1.30 bits per heavy atom. The van der Waals surface area contributed by atoms with Crippen LogP contribution >= 0.6 is 0 Å². The van der Waals surface area contributed by atoms with Crippen molar-refractivity contribution in [3.63, 3.8) is 0 Å². The topological polar surface area (TPSA) is 87.1 Å². The second-order valence-corrected chi connectivity index (χ2v) is 8.70. The van der Waals surface area contributed by atoms with Crippen LogP contribution < -0.4 is 5.32 Å². The molecule has 0 unspecified atom stereocenters. The fourth-order valence-electron chi connectivity index (χ4n) is 2.77. The van der Waals surface area contributed by atoms with Gasteiger partial charge in [-0.1, -0.05) is 6.07 Å².